The molecule has 2 aromatic rings. The van der Waals surface area contributed by atoms with E-state index in [0.29, 0.717) is 16.5 Å². The van der Waals surface area contributed by atoms with E-state index >= 15 is 0 Å². The van der Waals surface area contributed by atoms with Crippen LogP contribution in [0, 0.1) is 20.8 Å². The summed E-state index contributed by atoms with van der Waals surface area (Å²) in [6.45, 7) is 6.33. The maximum Gasteiger partial charge on any atom is 0.0453 e. The van der Waals surface area contributed by atoms with Gasteiger partial charge in [0.1, 0.15) is 0 Å². The van der Waals surface area contributed by atoms with Crippen LogP contribution in [0.3, 0.4) is 0 Å². The molecule has 0 radical (unpaired) electrons. The second kappa shape index (κ2) is 6.17. The van der Waals surface area contributed by atoms with Gasteiger partial charge in [0.05, 0.1) is 0 Å². The van der Waals surface area contributed by atoms with Crippen molar-refractivity contribution in [3.63, 3.8) is 0 Å². The molecule has 1 unspecified atom stereocenters. The van der Waals surface area contributed by atoms with E-state index in [1.54, 1.807) is 6.07 Å². The van der Waals surface area contributed by atoms with E-state index in [0.717, 1.165) is 5.56 Å². The van der Waals surface area contributed by atoms with Crippen LogP contribution in [0.1, 0.15) is 33.9 Å². The summed E-state index contributed by atoms with van der Waals surface area (Å²) in [5.74, 6) is 0. The van der Waals surface area contributed by atoms with E-state index in [9.17, 15) is 0 Å². The molecule has 1 nitrogen and oxygen atoms in total. The van der Waals surface area contributed by atoms with Crippen molar-refractivity contribution in [2.45, 2.75) is 33.2 Å². The summed E-state index contributed by atoms with van der Waals surface area (Å²) < 4.78 is 0. The quantitative estimate of drug-likeness (QED) is 0.832. The fourth-order valence-corrected chi connectivity index (χ4v) is 2.90. The van der Waals surface area contributed by atoms with Gasteiger partial charge in [-0.1, -0.05) is 41.4 Å². The summed E-state index contributed by atoms with van der Waals surface area (Å²) in [4.78, 5) is 0. The molecule has 3 heteroatoms. The van der Waals surface area contributed by atoms with Gasteiger partial charge in [-0.05, 0) is 67.1 Å². The molecular formula is C17H19Cl2N. The van der Waals surface area contributed by atoms with Gasteiger partial charge in [0.25, 0.3) is 0 Å². The van der Waals surface area contributed by atoms with E-state index in [1.165, 1.54) is 22.3 Å². The van der Waals surface area contributed by atoms with Gasteiger partial charge in [-0.2, -0.15) is 0 Å². The summed E-state index contributed by atoms with van der Waals surface area (Å²) in [6, 6.07) is 9.86. The molecule has 106 valence electrons. The van der Waals surface area contributed by atoms with E-state index in [2.05, 4.69) is 32.9 Å². The largest absolute Gasteiger partial charge is 0.324 e. The summed E-state index contributed by atoms with van der Waals surface area (Å²) in [6.07, 6.45) is 0.708. The molecule has 0 aliphatic rings. The zero-order chi connectivity index (χ0) is 14.9. The Morgan fingerprint density at radius 2 is 1.60 bits per heavy atom. The Kier molecular flexibility index (Phi) is 4.74. The first kappa shape index (κ1) is 15.4. The van der Waals surface area contributed by atoms with Crippen molar-refractivity contribution >= 4 is 23.2 Å². The van der Waals surface area contributed by atoms with Crippen LogP contribution in [0.25, 0.3) is 0 Å². The van der Waals surface area contributed by atoms with Gasteiger partial charge < -0.3 is 5.73 Å². The van der Waals surface area contributed by atoms with Crippen LogP contribution in [-0.2, 0) is 6.42 Å². The molecule has 2 rings (SSSR count). The minimum Gasteiger partial charge on any atom is -0.324 e. The Morgan fingerprint density at radius 3 is 2.25 bits per heavy atom. The van der Waals surface area contributed by atoms with Crippen LogP contribution in [0.5, 0.6) is 0 Å². The summed E-state index contributed by atoms with van der Waals surface area (Å²) in [7, 11) is 0. The molecule has 0 aromatic heterocycles. The summed E-state index contributed by atoms with van der Waals surface area (Å²) in [5.41, 5.74) is 12.4. The molecule has 0 aliphatic heterocycles. The van der Waals surface area contributed by atoms with E-state index in [1.807, 2.05) is 12.1 Å². The van der Waals surface area contributed by atoms with Crippen molar-refractivity contribution in [1.29, 1.82) is 0 Å². The summed E-state index contributed by atoms with van der Waals surface area (Å²) >= 11 is 12.1. The van der Waals surface area contributed by atoms with Gasteiger partial charge >= 0.3 is 0 Å². The molecule has 0 bridgehead atoms. The predicted octanol–water partition coefficient (Wildman–Crippen LogP) is 5.16. The number of rotatable bonds is 3. The monoisotopic (exact) mass is 307 g/mol. The molecule has 0 amide bonds. The molecule has 0 spiro atoms. The van der Waals surface area contributed by atoms with Crippen molar-refractivity contribution in [3.8, 4) is 0 Å². The lowest BCUT2D eigenvalue weighted by Crippen LogP contribution is -2.15. The third kappa shape index (κ3) is 3.35. The van der Waals surface area contributed by atoms with Crippen LogP contribution in [0.2, 0.25) is 10.0 Å². The van der Waals surface area contributed by atoms with Gasteiger partial charge in [-0.25, -0.2) is 0 Å². The van der Waals surface area contributed by atoms with E-state index in [4.69, 9.17) is 28.9 Å². The third-order valence-corrected chi connectivity index (χ3v) is 4.32. The van der Waals surface area contributed by atoms with E-state index < -0.39 is 0 Å². The molecule has 0 saturated carbocycles. The Hall–Kier alpha value is -1.02. The third-order valence-electron chi connectivity index (χ3n) is 3.74. The number of halogens is 2. The predicted molar refractivity (Wildman–Crippen MR) is 87.7 cm³/mol. The SMILES string of the molecule is Cc1cc(C)c(C(N)Cc2ccc(Cl)cc2Cl)cc1C. The normalized spacial score (nSPS) is 12.5. The first-order valence-electron chi connectivity index (χ1n) is 6.65. The van der Waals surface area contributed by atoms with Crippen molar-refractivity contribution in [2.75, 3.05) is 0 Å². The Balaban J connectivity index is 2.28. The standard InChI is InChI=1S/C17H19Cl2N/c1-10-6-12(3)15(7-11(10)2)17(20)8-13-4-5-14(18)9-16(13)19/h4-7,9,17H,8,20H2,1-3H3. The van der Waals surface area contributed by atoms with Crippen molar-refractivity contribution in [3.05, 3.63) is 68.2 Å². The minimum absolute atomic E-state index is 0.0621. The molecule has 20 heavy (non-hydrogen) atoms. The highest BCUT2D eigenvalue weighted by atomic mass is 35.5. The fraction of sp³-hybridized carbons (Fsp3) is 0.294. The Bertz CT molecular complexity index is 635. The average molecular weight is 308 g/mol. The average Bonchev–Trinajstić information content (AvgIpc) is 2.37. The highest BCUT2D eigenvalue weighted by molar-refractivity contribution is 6.35. The zero-order valence-electron chi connectivity index (χ0n) is 12.0. The van der Waals surface area contributed by atoms with Gasteiger partial charge in [0.15, 0.2) is 0 Å². The van der Waals surface area contributed by atoms with Gasteiger partial charge in [0.2, 0.25) is 0 Å². The van der Waals surface area contributed by atoms with Crippen LogP contribution in [0.4, 0.5) is 0 Å². The minimum atomic E-state index is -0.0621. The molecule has 0 saturated heterocycles. The van der Waals surface area contributed by atoms with Crippen molar-refractivity contribution in [2.24, 2.45) is 5.73 Å². The Labute approximate surface area is 130 Å². The number of hydrogen-bond acceptors (Lipinski definition) is 1. The molecule has 0 aliphatic carbocycles. The van der Waals surface area contributed by atoms with Crippen molar-refractivity contribution < 1.29 is 0 Å². The second-order valence-electron chi connectivity index (χ2n) is 5.34. The lowest BCUT2D eigenvalue weighted by Gasteiger charge is -2.17. The molecule has 0 heterocycles. The molecule has 0 fully saturated rings. The highest BCUT2D eigenvalue weighted by Gasteiger charge is 2.13. The first-order valence-corrected chi connectivity index (χ1v) is 7.41. The number of aryl methyl sites for hydroxylation is 3. The second-order valence-corrected chi connectivity index (χ2v) is 6.18. The zero-order valence-corrected chi connectivity index (χ0v) is 13.5. The van der Waals surface area contributed by atoms with Crippen LogP contribution >= 0.6 is 23.2 Å². The summed E-state index contributed by atoms with van der Waals surface area (Å²) in [5, 5.41) is 1.32. The number of hydrogen-bond donors (Lipinski definition) is 1. The Morgan fingerprint density at radius 1 is 0.950 bits per heavy atom. The van der Waals surface area contributed by atoms with Gasteiger partial charge in [-0.3, -0.25) is 0 Å². The lowest BCUT2D eigenvalue weighted by molar-refractivity contribution is 0.715. The maximum absolute atomic E-state index is 6.36. The topological polar surface area (TPSA) is 26.0 Å². The first-order chi connectivity index (χ1) is 9.38. The van der Waals surface area contributed by atoms with Crippen LogP contribution in [-0.4, -0.2) is 0 Å². The molecule has 1 atom stereocenters. The highest BCUT2D eigenvalue weighted by Crippen LogP contribution is 2.27. The fourth-order valence-electron chi connectivity index (χ4n) is 2.42. The molecule has 2 aromatic carbocycles. The maximum atomic E-state index is 6.36. The smallest absolute Gasteiger partial charge is 0.0453 e. The van der Waals surface area contributed by atoms with Crippen LogP contribution < -0.4 is 5.73 Å². The van der Waals surface area contributed by atoms with Gasteiger partial charge in [-0.15, -0.1) is 0 Å². The number of benzene rings is 2. The number of nitrogens with two attached hydrogens (primary N) is 1. The lowest BCUT2D eigenvalue weighted by atomic mass is 9.92. The van der Waals surface area contributed by atoms with Crippen molar-refractivity contribution in [1.82, 2.24) is 0 Å². The molecule has 2 N–H and O–H groups in total. The van der Waals surface area contributed by atoms with Crippen LogP contribution in [0.15, 0.2) is 30.3 Å². The van der Waals surface area contributed by atoms with E-state index in [-0.39, 0.29) is 6.04 Å². The molecular weight excluding hydrogens is 289 g/mol. The van der Waals surface area contributed by atoms with Gasteiger partial charge in [0, 0.05) is 16.1 Å².